The van der Waals surface area contributed by atoms with Gasteiger partial charge in [0.15, 0.2) is 6.17 Å². The normalized spacial score (nSPS) is 16.9. The number of methoxy groups -OCH3 is 1. The molecule has 0 unspecified atom stereocenters. The van der Waals surface area contributed by atoms with Crippen molar-refractivity contribution in [1.82, 2.24) is 0 Å². The summed E-state index contributed by atoms with van der Waals surface area (Å²) < 4.78 is 5.26. The van der Waals surface area contributed by atoms with Crippen LogP contribution in [0.4, 0.5) is 0 Å². The highest BCUT2D eigenvalue weighted by Crippen LogP contribution is 2.34. The molecule has 0 bridgehead atoms. The molecule has 0 saturated carbocycles. The number of hydrogen-bond donors (Lipinski definition) is 0. The Hall–Kier alpha value is -2.37. The molecule has 0 saturated heterocycles. The summed E-state index contributed by atoms with van der Waals surface area (Å²) in [6.07, 6.45) is -0.187. The molecule has 1 aliphatic rings. The molecular weight excluding hydrogens is 348 g/mol. The van der Waals surface area contributed by atoms with Gasteiger partial charge in [-0.3, -0.25) is 0 Å². The Morgan fingerprint density at radius 2 is 1.48 bits per heavy atom. The largest absolute Gasteiger partial charge is 0.497 e. The lowest BCUT2D eigenvalue weighted by molar-refractivity contribution is 0.415. The molecule has 2 heterocycles. The Morgan fingerprint density at radius 1 is 0.800 bits per heavy atom. The number of hydrogen-bond acceptors (Lipinski definition) is 5. The predicted octanol–water partition coefficient (Wildman–Crippen LogP) is 5.40. The van der Waals surface area contributed by atoms with E-state index in [-0.39, 0.29) is 6.17 Å². The van der Waals surface area contributed by atoms with Crippen LogP contribution in [0.1, 0.15) is 22.2 Å². The van der Waals surface area contributed by atoms with Crippen molar-refractivity contribution in [2.45, 2.75) is 6.17 Å². The van der Waals surface area contributed by atoms with Crippen molar-refractivity contribution >= 4 is 33.2 Å². The number of aliphatic imine (C=N–C) groups is 2. The van der Waals surface area contributed by atoms with Crippen LogP contribution in [-0.2, 0) is 0 Å². The Morgan fingerprint density at radius 3 is 2.08 bits per heavy atom. The predicted molar refractivity (Wildman–Crippen MR) is 107 cm³/mol. The molecule has 0 spiro atoms. The van der Waals surface area contributed by atoms with Gasteiger partial charge in [0.25, 0.3) is 0 Å². The smallest absolute Gasteiger partial charge is 0.176 e. The van der Waals surface area contributed by atoms with Gasteiger partial charge in [0.05, 0.1) is 12.0 Å². The standard InChI is InChI=1S/C20H16N2OS2/c1-23-16-11-9-15(10-12-16)20-22-18(17-8-5-13-24-17)21-19(25-20)14-6-3-2-4-7-14/h2-13,18H,1H3/t18-/m0/s1. The number of thiophene rings is 1. The molecule has 0 amide bonds. The van der Waals surface area contributed by atoms with Gasteiger partial charge in [0, 0.05) is 11.1 Å². The third kappa shape index (κ3) is 3.52. The quantitative estimate of drug-likeness (QED) is 0.621. The van der Waals surface area contributed by atoms with Crippen LogP contribution in [0, 0.1) is 0 Å². The van der Waals surface area contributed by atoms with Crippen LogP contribution in [0.15, 0.2) is 82.1 Å². The molecular formula is C20H16N2OS2. The van der Waals surface area contributed by atoms with Crippen LogP contribution in [0.3, 0.4) is 0 Å². The first kappa shape index (κ1) is 16.1. The fraction of sp³-hybridized carbons (Fsp3) is 0.100. The van der Waals surface area contributed by atoms with E-state index in [1.165, 1.54) is 0 Å². The van der Waals surface area contributed by atoms with Crippen molar-refractivity contribution in [1.29, 1.82) is 0 Å². The summed E-state index contributed by atoms with van der Waals surface area (Å²) in [6.45, 7) is 0. The zero-order chi connectivity index (χ0) is 17.1. The van der Waals surface area contributed by atoms with Gasteiger partial charge >= 0.3 is 0 Å². The lowest BCUT2D eigenvalue weighted by atomic mass is 10.2. The van der Waals surface area contributed by atoms with E-state index < -0.39 is 0 Å². The highest BCUT2D eigenvalue weighted by molar-refractivity contribution is 8.27. The molecule has 1 atom stereocenters. The zero-order valence-corrected chi connectivity index (χ0v) is 15.3. The third-order valence-corrected chi connectivity index (χ3v) is 5.81. The maximum Gasteiger partial charge on any atom is 0.176 e. The molecule has 0 N–H and O–H groups in total. The molecule has 0 fully saturated rings. The Balaban J connectivity index is 1.73. The molecule has 0 aliphatic carbocycles. The van der Waals surface area contributed by atoms with Gasteiger partial charge in [-0.1, -0.05) is 36.4 Å². The second kappa shape index (κ2) is 7.25. The van der Waals surface area contributed by atoms with Crippen LogP contribution in [0.5, 0.6) is 5.75 Å². The van der Waals surface area contributed by atoms with E-state index >= 15 is 0 Å². The van der Waals surface area contributed by atoms with E-state index in [9.17, 15) is 0 Å². The summed E-state index contributed by atoms with van der Waals surface area (Å²) in [6, 6.07) is 22.4. The van der Waals surface area contributed by atoms with E-state index in [2.05, 4.69) is 23.6 Å². The summed E-state index contributed by atoms with van der Waals surface area (Å²) >= 11 is 3.30. The maximum absolute atomic E-state index is 5.26. The van der Waals surface area contributed by atoms with Crippen molar-refractivity contribution in [3.8, 4) is 5.75 Å². The maximum atomic E-state index is 5.26. The lowest BCUT2D eigenvalue weighted by Crippen LogP contribution is -2.12. The van der Waals surface area contributed by atoms with Crippen molar-refractivity contribution in [3.63, 3.8) is 0 Å². The first-order valence-corrected chi connectivity index (χ1v) is 9.60. The van der Waals surface area contributed by atoms with E-state index in [0.717, 1.165) is 31.8 Å². The minimum Gasteiger partial charge on any atom is -0.497 e. The molecule has 124 valence electrons. The highest BCUT2D eigenvalue weighted by Gasteiger charge is 2.22. The number of thioether (sulfide) groups is 1. The van der Waals surface area contributed by atoms with E-state index in [1.54, 1.807) is 30.2 Å². The van der Waals surface area contributed by atoms with Crippen LogP contribution in [-0.4, -0.2) is 17.2 Å². The topological polar surface area (TPSA) is 34.0 Å². The monoisotopic (exact) mass is 364 g/mol. The second-order valence-electron chi connectivity index (χ2n) is 5.45. The lowest BCUT2D eigenvalue weighted by Gasteiger charge is -2.19. The number of rotatable bonds is 4. The molecule has 25 heavy (non-hydrogen) atoms. The fourth-order valence-electron chi connectivity index (χ4n) is 2.54. The molecule has 3 aromatic rings. The fourth-order valence-corrected chi connectivity index (χ4v) is 4.24. The Bertz CT molecular complexity index is 901. The van der Waals surface area contributed by atoms with Crippen molar-refractivity contribution in [3.05, 3.63) is 88.1 Å². The molecule has 1 aliphatic heterocycles. The van der Waals surface area contributed by atoms with Crippen LogP contribution < -0.4 is 4.74 Å². The van der Waals surface area contributed by atoms with E-state index in [1.807, 2.05) is 48.5 Å². The van der Waals surface area contributed by atoms with Crippen LogP contribution in [0.25, 0.3) is 0 Å². The molecule has 2 aromatic carbocycles. The van der Waals surface area contributed by atoms with E-state index in [4.69, 9.17) is 14.7 Å². The minimum absolute atomic E-state index is 0.187. The van der Waals surface area contributed by atoms with Gasteiger partial charge in [-0.05, 0) is 47.5 Å². The summed E-state index contributed by atoms with van der Waals surface area (Å²) in [5, 5.41) is 4.05. The Kier molecular flexibility index (Phi) is 4.68. The van der Waals surface area contributed by atoms with Crippen molar-refractivity contribution in [2.24, 2.45) is 9.98 Å². The average molecular weight is 364 g/mol. The SMILES string of the molecule is COc1ccc(C2=N[C@@H](c3cccs3)N=C(c3ccccc3)S2)cc1. The molecule has 4 rings (SSSR count). The molecule has 0 radical (unpaired) electrons. The zero-order valence-electron chi connectivity index (χ0n) is 13.6. The molecule has 5 heteroatoms. The Labute approximate surface area is 155 Å². The van der Waals surface area contributed by atoms with Gasteiger partial charge in [0.1, 0.15) is 15.8 Å². The van der Waals surface area contributed by atoms with Crippen LogP contribution >= 0.6 is 23.1 Å². The second-order valence-corrected chi connectivity index (χ2v) is 7.41. The summed E-state index contributed by atoms with van der Waals surface area (Å²) in [4.78, 5) is 10.9. The molecule has 3 nitrogen and oxygen atoms in total. The first-order valence-electron chi connectivity index (χ1n) is 7.90. The van der Waals surface area contributed by atoms with Gasteiger partial charge in [-0.25, -0.2) is 9.98 Å². The average Bonchev–Trinajstić information content (AvgIpc) is 3.23. The van der Waals surface area contributed by atoms with Crippen LogP contribution in [0.2, 0.25) is 0 Å². The molecule has 1 aromatic heterocycles. The summed E-state index contributed by atoms with van der Waals surface area (Å²) in [5.41, 5.74) is 2.20. The van der Waals surface area contributed by atoms with Gasteiger partial charge < -0.3 is 4.74 Å². The third-order valence-electron chi connectivity index (χ3n) is 3.83. The first-order chi connectivity index (χ1) is 12.3. The summed E-state index contributed by atoms with van der Waals surface area (Å²) in [5.74, 6) is 0.844. The van der Waals surface area contributed by atoms with E-state index in [0.29, 0.717) is 0 Å². The number of ether oxygens (including phenoxy) is 1. The van der Waals surface area contributed by atoms with Crippen molar-refractivity contribution < 1.29 is 4.74 Å². The number of nitrogens with zero attached hydrogens (tertiary/aromatic N) is 2. The van der Waals surface area contributed by atoms with Gasteiger partial charge in [-0.15, -0.1) is 11.3 Å². The van der Waals surface area contributed by atoms with Gasteiger partial charge in [-0.2, -0.15) is 0 Å². The minimum atomic E-state index is -0.187. The van der Waals surface area contributed by atoms with Gasteiger partial charge in [0.2, 0.25) is 0 Å². The van der Waals surface area contributed by atoms with Crippen molar-refractivity contribution in [2.75, 3.05) is 7.11 Å². The number of benzene rings is 2. The highest BCUT2D eigenvalue weighted by atomic mass is 32.2. The summed E-state index contributed by atoms with van der Waals surface area (Å²) in [7, 11) is 1.68.